The third kappa shape index (κ3) is 11.2. The summed E-state index contributed by atoms with van der Waals surface area (Å²) in [6.45, 7) is 10.6. The molecule has 0 radical (unpaired) electrons. The summed E-state index contributed by atoms with van der Waals surface area (Å²) in [4.78, 5) is 10.4. The van der Waals surface area contributed by atoms with Gasteiger partial charge in [0.15, 0.2) is 5.96 Å². The smallest absolute Gasteiger partial charge is 0.191 e. The van der Waals surface area contributed by atoms with Gasteiger partial charge < -0.3 is 15.4 Å². The molecule has 0 spiro atoms. The fourth-order valence-electron chi connectivity index (χ4n) is 1.96. The lowest BCUT2D eigenvalue weighted by atomic mass is 10.4. The number of halogens is 1. The first-order chi connectivity index (χ1) is 11.3. The zero-order chi connectivity index (χ0) is 16.8. The third-order valence-corrected chi connectivity index (χ3v) is 4.49. The molecule has 1 aromatic heterocycles. The first-order valence-corrected chi connectivity index (χ1v) is 9.65. The molecule has 5 nitrogen and oxygen atoms in total. The molecule has 0 aliphatic heterocycles. The largest absolute Gasteiger partial charge is 0.381 e. The Bertz CT molecular complexity index is 440. The third-order valence-electron chi connectivity index (χ3n) is 3.28. The predicted octanol–water partition coefficient (Wildman–Crippen LogP) is 3.63. The summed E-state index contributed by atoms with van der Waals surface area (Å²) in [5.41, 5.74) is 0. The van der Waals surface area contributed by atoms with Crippen molar-refractivity contribution in [3.8, 4) is 0 Å². The van der Waals surface area contributed by atoms with Gasteiger partial charge in [-0.05, 0) is 26.2 Å². The van der Waals surface area contributed by atoms with E-state index in [0.717, 1.165) is 64.5 Å². The highest BCUT2D eigenvalue weighted by molar-refractivity contribution is 14.0. The van der Waals surface area contributed by atoms with Gasteiger partial charge in [0.25, 0.3) is 0 Å². The van der Waals surface area contributed by atoms with Crippen molar-refractivity contribution in [2.24, 2.45) is 4.99 Å². The summed E-state index contributed by atoms with van der Waals surface area (Å²) < 4.78 is 5.55. The molecule has 0 amide bonds. The van der Waals surface area contributed by atoms with E-state index in [1.54, 1.807) is 11.3 Å². The number of hydrogen-bond donors (Lipinski definition) is 2. The van der Waals surface area contributed by atoms with Crippen LogP contribution in [-0.4, -0.2) is 43.8 Å². The monoisotopic (exact) mass is 468 g/mol. The lowest BCUT2D eigenvalue weighted by Crippen LogP contribution is -2.38. The van der Waals surface area contributed by atoms with Crippen LogP contribution in [0.3, 0.4) is 0 Å². The first kappa shape index (κ1) is 23.6. The number of aliphatic imine (C=N–C) groups is 1. The molecule has 0 bridgehead atoms. The normalized spacial score (nSPS) is 11.2. The van der Waals surface area contributed by atoms with E-state index in [2.05, 4.69) is 41.4 Å². The zero-order valence-electron chi connectivity index (χ0n) is 15.3. The van der Waals surface area contributed by atoms with Gasteiger partial charge in [0.2, 0.25) is 0 Å². The first-order valence-electron chi connectivity index (χ1n) is 8.83. The van der Waals surface area contributed by atoms with Crippen molar-refractivity contribution in [2.75, 3.05) is 32.8 Å². The molecule has 1 rings (SSSR count). The molecule has 0 aliphatic carbocycles. The SMILES string of the molecule is CCCCOCCCN=C(NCC)NCCc1ncc(CC)s1.I. The summed E-state index contributed by atoms with van der Waals surface area (Å²) in [7, 11) is 0. The molecule has 1 aromatic rings. The lowest BCUT2D eigenvalue weighted by Gasteiger charge is -2.10. The van der Waals surface area contributed by atoms with Gasteiger partial charge in [-0.25, -0.2) is 4.98 Å². The number of unbranched alkanes of at least 4 members (excludes halogenated alkanes) is 1. The van der Waals surface area contributed by atoms with Gasteiger partial charge in [-0.1, -0.05) is 20.3 Å². The number of hydrogen-bond acceptors (Lipinski definition) is 4. The van der Waals surface area contributed by atoms with E-state index in [1.807, 2.05) is 6.20 Å². The number of guanidine groups is 1. The fourth-order valence-corrected chi connectivity index (χ4v) is 2.82. The van der Waals surface area contributed by atoms with E-state index in [9.17, 15) is 0 Å². The number of aryl methyl sites for hydroxylation is 1. The van der Waals surface area contributed by atoms with Gasteiger partial charge in [0.05, 0.1) is 5.01 Å². The summed E-state index contributed by atoms with van der Waals surface area (Å²) in [6, 6.07) is 0. The molecule has 0 fully saturated rings. The van der Waals surface area contributed by atoms with Gasteiger partial charge >= 0.3 is 0 Å². The van der Waals surface area contributed by atoms with Crippen LogP contribution >= 0.6 is 35.3 Å². The average molecular weight is 468 g/mol. The molecule has 1 heterocycles. The van der Waals surface area contributed by atoms with Gasteiger partial charge in [0, 0.05) is 50.3 Å². The Kier molecular flexibility index (Phi) is 15.8. The van der Waals surface area contributed by atoms with Crippen molar-refractivity contribution in [3.05, 3.63) is 16.1 Å². The molecule has 0 saturated carbocycles. The van der Waals surface area contributed by atoms with Crippen molar-refractivity contribution in [2.45, 2.75) is 52.9 Å². The minimum Gasteiger partial charge on any atom is -0.381 e. The lowest BCUT2D eigenvalue weighted by molar-refractivity contribution is 0.130. The highest BCUT2D eigenvalue weighted by Gasteiger charge is 2.02. The summed E-state index contributed by atoms with van der Waals surface area (Å²) >= 11 is 1.80. The van der Waals surface area contributed by atoms with Crippen molar-refractivity contribution in [3.63, 3.8) is 0 Å². The Hall–Kier alpha value is -0.410. The van der Waals surface area contributed by atoms with E-state index in [4.69, 9.17) is 4.74 Å². The van der Waals surface area contributed by atoms with Crippen LogP contribution in [0.2, 0.25) is 0 Å². The molecule has 0 unspecified atom stereocenters. The van der Waals surface area contributed by atoms with Crippen LogP contribution in [0.5, 0.6) is 0 Å². The molecular formula is C17H33IN4OS. The maximum absolute atomic E-state index is 5.55. The van der Waals surface area contributed by atoms with Gasteiger partial charge in [-0.3, -0.25) is 4.99 Å². The highest BCUT2D eigenvalue weighted by Crippen LogP contribution is 2.13. The molecule has 7 heteroatoms. The number of aromatic nitrogens is 1. The Morgan fingerprint density at radius 1 is 1.21 bits per heavy atom. The van der Waals surface area contributed by atoms with Crippen LogP contribution < -0.4 is 10.6 Å². The Labute approximate surface area is 168 Å². The van der Waals surface area contributed by atoms with Gasteiger partial charge in [-0.15, -0.1) is 35.3 Å². The second kappa shape index (κ2) is 16.1. The number of ether oxygens (including phenoxy) is 1. The fraction of sp³-hybridized carbons (Fsp3) is 0.765. The summed E-state index contributed by atoms with van der Waals surface area (Å²) in [5.74, 6) is 0.883. The zero-order valence-corrected chi connectivity index (χ0v) is 18.4. The summed E-state index contributed by atoms with van der Waals surface area (Å²) in [6.07, 6.45) is 7.28. The molecule has 0 saturated heterocycles. The number of nitrogens with zero attached hydrogens (tertiary/aromatic N) is 2. The van der Waals surface area contributed by atoms with Crippen LogP contribution in [0.15, 0.2) is 11.2 Å². The van der Waals surface area contributed by atoms with Crippen LogP contribution in [0.4, 0.5) is 0 Å². The van der Waals surface area contributed by atoms with Gasteiger partial charge in [-0.2, -0.15) is 0 Å². The molecule has 0 aliphatic rings. The molecule has 140 valence electrons. The topological polar surface area (TPSA) is 58.5 Å². The molecule has 0 aromatic carbocycles. The van der Waals surface area contributed by atoms with Crippen molar-refractivity contribution in [1.82, 2.24) is 15.6 Å². The molecule has 24 heavy (non-hydrogen) atoms. The van der Waals surface area contributed by atoms with E-state index in [1.165, 1.54) is 16.3 Å². The van der Waals surface area contributed by atoms with E-state index in [-0.39, 0.29) is 24.0 Å². The predicted molar refractivity (Wildman–Crippen MR) is 115 cm³/mol. The van der Waals surface area contributed by atoms with E-state index in [0.29, 0.717) is 0 Å². The second-order valence-corrected chi connectivity index (χ2v) is 6.53. The van der Waals surface area contributed by atoms with Crippen LogP contribution in [0.25, 0.3) is 0 Å². The quantitative estimate of drug-likeness (QED) is 0.213. The molecular weight excluding hydrogens is 435 g/mol. The standard InChI is InChI=1S/C17H32N4OS.HI/c1-4-7-12-22-13-8-10-19-17(18-6-3)20-11-9-16-21-14-15(5-2)23-16;/h14H,4-13H2,1-3H3,(H2,18,19,20);1H. The highest BCUT2D eigenvalue weighted by atomic mass is 127. The number of thiazole rings is 1. The Morgan fingerprint density at radius 3 is 2.67 bits per heavy atom. The molecule has 2 N–H and O–H groups in total. The van der Waals surface area contributed by atoms with E-state index < -0.39 is 0 Å². The maximum Gasteiger partial charge on any atom is 0.191 e. The van der Waals surface area contributed by atoms with Crippen molar-refractivity contribution in [1.29, 1.82) is 0 Å². The van der Waals surface area contributed by atoms with Crippen molar-refractivity contribution >= 4 is 41.3 Å². The Morgan fingerprint density at radius 2 is 2.00 bits per heavy atom. The minimum absolute atomic E-state index is 0. The van der Waals surface area contributed by atoms with Crippen molar-refractivity contribution < 1.29 is 4.74 Å². The van der Waals surface area contributed by atoms with E-state index >= 15 is 0 Å². The minimum atomic E-state index is 0. The van der Waals surface area contributed by atoms with Gasteiger partial charge in [0.1, 0.15) is 0 Å². The molecule has 0 atom stereocenters. The second-order valence-electron chi connectivity index (χ2n) is 5.33. The van der Waals surface area contributed by atoms with Crippen LogP contribution in [0.1, 0.15) is 49.9 Å². The van der Waals surface area contributed by atoms with Crippen LogP contribution in [-0.2, 0) is 17.6 Å². The number of nitrogens with one attached hydrogen (secondary N) is 2. The average Bonchev–Trinajstić information content (AvgIpc) is 3.02. The number of rotatable bonds is 12. The van der Waals surface area contributed by atoms with Crippen LogP contribution in [0, 0.1) is 0 Å². The maximum atomic E-state index is 5.55. The summed E-state index contributed by atoms with van der Waals surface area (Å²) in [5, 5.41) is 7.84. The Balaban J connectivity index is 0.00000529.